The van der Waals surface area contributed by atoms with Crippen molar-refractivity contribution in [1.82, 2.24) is 29.5 Å². The second kappa shape index (κ2) is 9.97. The van der Waals surface area contributed by atoms with E-state index in [-0.39, 0.29) is 0 Å². The van der Waals surface area contributed by atoms with Crippen molar-refractivity contribution in [2.24, 2.45) is 0 Å². The summed E-state index contributed by atoms with van der Waals surface area (Å²) in [6.45, 7) is 5.02. The van der Waals surface area contributed by atoms with Crippen molar-refractivity contribution in [3.63, 3.8) is 0 Å². The van der Waals surface area contributed by atoms with Gasteiger partial charge in [-0.25, -0.2) is 0 Å². The quantitative estimate of drug-likeness (QED) is 0.493. The smallest absolute Gasteiger partial charge is 0.119 e. The fourth-order valence-corrected chi connectivity index (χ4v) is 1.56. The molecular weight excluding hydrogens is 276 g/mol. The summed E-state index contributed by atoms with van der Waals surface area (Å²) >= 11 is 0. The van der Waals surface area contributed by atoms with Crippen LogP contribution in [0.15, 0.2) is 25.3 Å². The Labute approximate surface area is 122 Å². The molecule has 9 heteroatoms. The van der Waals surface area contributed by atoms with Gasteiger partial charge in [-0.05, 0) is 0 Å². The molecule has 0 bridgehead atoms. The molecule has 0 N–H and O–H groups in total. The molecule has 0 aromatic carbocycles. The highest BCUT2D eigenvalue weighted by atomic mass is 16.5. The topological polar surface area (TPSA) is 89.1 Å². The monoisotopic (exact) mass is 296 g/mol. The van der Waals surface area contributed by atoms with E-state index in [1.165, 1.54) is 0 Å². The van der Waals surface area contributed by atoms with E-state index in [4.69, 9.17) is 14.2 Å². The van der Waals surface area contributed by atoms with Crippen LogP contribution >= 0.6 is 0 Å². The molecule has 9 nitrogen and oxygen atoms in total. The van der Waals surface area contributed by atoms with Gasteiger partial charge in [0.2, 0.25) is 0 Å². The normalized spacial score (nSPS) is 11.0. The molecule has 2 heterocycles. The maximum Gasteiger partial charge on any atom is 0.119 e. The van der Waals surface area contributed by atoms with Crippen LogP contribution in [0.2, 0.25) is 0 Å². The Balaban J connectivity index is 1.31. The highest BCUT2D eigenvalue weighted by Gasteiger charge is 1.94. The maximum atomic E-state index is 5.42. The van der Waals surface area contributed by atoms with Gasteiger partial charge in [-0.1, -0.05) is 0 Å². The molecule has 2 rings (SSSR count). The van der Waals surface area contributed by atoms with Crippen LogP contribution in [0.25, 0.3) is 0 Å². The molecule has 2 aromatic heterocycles. The van der Waals surface area contributed by atoms with Gasteiger partial charge in [0.15, 0.2) is 0 Å². The number of hydrogen-bond donors (Lipinski definition) is 0. The number of rotatable bonds is 12. The van der Waals surface area contributed by atoms with E-state index in [9.17, 15) is 0 Å². The summed E-state index contributed by atoms with van der Waals surface area (Å²) in [4.78, 5) is 0. The molecule has 116 valence electrons. The van der Waals surface area contributed by atoms with Crippen LogP contribution < -0.4 is 0 Å². The third-order valence-electron chi connectivity index (χ3n) is 2.66. The number of aromatic nitrogens is 6. The van der Waals surface area contributed by atoms with E-state index >= 15 is 0 Å². The molecule has 0 fully saturated rings. The third kappa shape index (κ3) is 6.93. The maximum absolute atomic E-state index is 5.42. The number of hydrogen-bond acceptors (Lipinski definition) is 7. The highest BCUT2D eigenvalue weighted by molar-refractivity contribution is 4.59. The van der Waals surface area contributed by atoms with Gasteiger partial charge in [0.1, 0.15) is 25.3 Å². The molecule has 0 spiro atoms. The molecule has 0 unspecified atom stereocenters. The Morgan fingerprint density at radius 3 is 1.24 bits per heavy atom. The van der Waals surface area contributed by atoms with Crippen molar-refractivity contribution in [2.45, 2.75) is 13.1 Å². The first-order valence-corrected chi connectivity index (χ1v) is 6.83. The third-order valence-corrected chi connectivity index (χ3v) is 2.66. The molecule has 0 aliphatic heterocycles. The van der Waals surface area contributed by atoms with E-state index in [0.29, 0.717) is 39.6 Å². The molecule has 0 atom stereocenters. The van der Waals surface area contributed by atoms with Gasteiger partial charge in [-0.2, -0.15) is 0 Å². The van der Waals surface area contributed by atoms with Gasteiger partial charge >= 0.3 is 0 Å². The van der Waals surface area contributed by atoms with Gasteiger partial charge in [-0.3, -0.25) is 0 Å². The lowest BCUT2D eigenvalue weighted by Gasteiger charge is -2.07. The summed E-state index contributed by atoms with van der Waals surface area (Å²) in [5.41, 5.74) is 0. The number of ether oxygens (including phenoxy) is 3. The Bertz CT molecular complexity index is 405. The Hall–Kier alpha value is -1.84. The minimum Gasteiger partial charge on any atom is -0.377 e. The van der Waals surface area contributed by atoms with Crippen molar-refractivity contribution < 1.29 is 14.2 Å². The SMILES string of the molecule is c1nncn1CCOCCOCCOCCn1cnnc1. The van der Waals surface area contributed by atoms with Gasteiger partial charge < -0.3 is 23.3 Å². The van der Waals surface area contributed by atoms with Crippen LogP contribution in [0.3, 0.4) is 0 Å². The zero-order valence-corrected chi connectivity index (χ0v) is 11.9. The second-order valence-electron chi connectivity index (χ2n) is 4.24. The van der Waals surface area contributed by atoms with E-state index in [0.717, 1.165) is 13.1 Å². The zero-order chi connectivity index (χ0) is 14.6. The van der Waals surface area contributed by atoms with Gasteiger partial charge in [0, 0.05) is 13.1 Å². The largest absolute Gasteiger partial charge is 0.377 e. The van der Waals surface area contributed by atoms with Gasteiger partial charge in [0.25, 0.3) is 0 Å². The van der Waals surface area contributed by atoms with Crippen LogP contribution in [-0.4, -0.2) is 69.2 Å². The molecule has 0 aliphatic carbocycles. The summed E-state index contributed by atoms with van der Waals surface area (Å²) in [5.74, 6) is 0. The molecule has 0 aliphatic rings. The highest BCUT2D eigenvalue weighted by Crippen LogP contribution is 1.87. The van der Waals surface area contributed by atoms with E-state index in [1.807, 2.05) is 9.13 Å². The summed E-state index contributed by atoms with van der Waals surface area (Å²) in [6.07, 6.45) is 6.65. The molecular formula is C12H20N6O3. The fraction of sp³-hybridized carbons (Fsp3) is 0.667. The molecule has 0 saturated heterocycles. The van der Waals surface area contributed by atoms with Crippen LogP contribution in [0.4, 0.5) is 0 Å². The second-order valence-corrected chi connectivity index (χ2v) is 4.24. The summed E-state index contributed by atoms with van der Waals surface area (Å²) < 4.78 is 20.0. The van der Waals surface area contributed by atoms with Crippen molar-refractivity contribution >= 4 is 0 Å². The van der Waals surface area contributed by atoms with Crippen LogP contribution in [0.1, 0.15) is 0 Å². The van der Waals surface area contributed by atoms with Crippen molar-refractivity contribution in [2.75, 3.05) is 39.6 Å². The summed E-state index contributed by atoms with van der Waals surface area (Å²) in [6, 6.07) is 0. The molecule has 0 saturated carbocycles. The molecule has 0 radical (unpaired) electrons. The predicted octanol–water partition coefficient (Wildman–Crippen LogP) is -0.380. The van der Waals surface area contributed by atoms with E-state index < -0.39 is 0 Å². The minimum atomic E-state index is 0.566. The Morgan fingerprint density at radius 1 is 0.524 bits per heavy atom. The van der Waals surface area contributed by atoms with E-state index in [1.54, 1.807) is 25.3 Å². The zero-order valence-electron chi connectivity index (χ0n) is 11.9. The summed E-state index contributed by atoms with van der Waals surface area (Å²) in [5, 5.41) is 14.9. The summed E-state index contributed by atoms with van der Waals surface area (Å²) in [7, 11) is 0. The minimum absolute atomic E-state index is 0.566. The van der Waals surface area contributed by atoms with Crippen molar-refractivity contribution in [1.29, 1.82) is 0 Å². The number of nitrogens with zero attached hydrogens (tertiary/aromatic N) is 6. The first-order chi connectivity index (χ1) is 10.4. The Kier molecular flexibility index (Phi) is 7.38. The lowest BCUT2D eigenvalue weighted by Crippen LogP contribution is -2.13. The molecule has 21 heavy (non-hydrogen) atoms. The first kappa shape index (κ1) is 15.5. The first-order valence-electron chi connectivity index (χ1n) is 6.83. The predicted molar refractivity (Wildman–Crippen MR) is 72.5 cm³/mol. The molecule has 0 amide bonds. The lowest BCUT2D eigenvalue weighted by molar-refractivity contribution is 0.0118. The van der Waals surface area contributed by atoms with Crippen molar-refractivity contribution in [3.8, 4) is 0 Å². The van der Waals surface area contributed by atoms with Crippen LogP contribution in [0, 0.1) is 0 Å². The average molecular weight is 296 g/mol. The van der Waals surface area contributed by atoms with Crippen LogP contribution in [0.5, 0.6) is 0 Å². The lowest BCUT2D eigenvalue weighted by atomic mass is 10.6. The molecule has 2 aromatic rings. The standard InChI is InChI=1S/C12H20N6O3/c1(17-9-13-14-10-17)3-19-5-7-21-8-6-20-4-2-18-11-15-16-12-18/h9-12H,1-8H2. The van der Waals surface area contributed by atoms with Gasteiger partial charge in [0.05, 0.1) is 39.6 Å². The van der Waals surface area contributed by atoms with Gasteiger partial charge in [-0.15, -0.1) is 20.4 Å². The Morgan fingerprint density at radius 2 is 0.857 bits per heavy atom. The average Bonchev–Trinajstić information content (AvgIpc) is 3.18. The fourth-order valence-electron chi connectivity index (χ4n) is 1.56. The van der Waals surface area contributed by atoms with E-state index in [2.05, 4.69) is 20.4 Å². The van der Waals surface area contributed by atoms with Crippen molar-refractivity contribution in [3.05, 3.63) is 25.3 Å². The van der Waals surface area contributed by atoms with Crippen LogP contribution in [-0.2, 0) is 27.3 Å².